The van der Waals surface area contributed by atoms with E-state index < -0.39 is 0 Å². The van der Waals surface area contributed by atoms with Gasteiger partial charge in [-0.25, -0.2) is 4.98 Å². The zero-order valence-corrected chi connectivity index (χ0v) is 16.4. The SMILES string of the molecule is CC(C)(CNc1cc([C@@H]2CCOC2)nc(N2CC(O)C2)n1)N1CCOCC1. The topological polar surface area (TPSA) is 83.0 Å². The number of hydrogen-bond acceptors (Lipinski definition) is 8. The van der Waals surface area contributed by atoms with Crippen molar-refractivity contribution < 1.29 is 14.6 Å². The predicted octanol–water partition coefficient (Wildman–Crippen LogP) is 0.684. The van der Waals surface area contributed by atoms with E-state index in [0.29, 0.717) is 25.0 Å². The van der Waals surface area contributed by atoms with E-state index in [1.165, 1.54) is 0 Å². The van der Waals surface area contributed by atoms with Crippen molar-refractivity contribution in [3.8, 4) is 0 Å². The normalized spacial score (nSPS) is 24.9. The molecule has 3 saturated heterocycles. The summed E-state index contributed by atoms with van der Waals surface area (Å²) in [5.41, 5.74) is 1.05. The molecule has 27 heavy (non-hydrogen) atoms. The van der Waals surface area contributed by atoms with Crippen LogP contribution >= 0.6 is 0 Å². The van der Waals surface area contributed by atoms with E-state index in [9.17, 15) is 5.11 Å². The summed E-state index contributed by atoms with van der Waals surface area (Å²) < 4.78 is 11.0. The molecule has 0 saturated carbocycles. The standard InChI is InChI=1S/C19H31N5O3/c1-19(2,24-4-7-26-8-5-24)13-20-17-9-16(14-3-6-27-12-14)21-18(22-17)23-10-15(25)11-23/h9,14-15,25H,3-8,10-13H2,1-2H3,(H,20,21,22)/t14-/m1/s1. The molecule has 1 aromatic rings. The Labute approximate surface area is 160 Å². The summed E-state index contributed by atoms with van der Waals surface area (Å²) in [4.78, 5) is 14.0. The molecule has 1 aromatic heterocycles. The van der Waals surface area contributed by atoms with Gasteiger partial charge in [-0.1, -0.05) is 0 Å². The highest BCUT2D eigenvalue weighted by Crippen LogP contribution is 2.28. The van der Waals surface area contributed by atoms with E-state index in [-0.39, 0.29) is 11.6 Å². The average molecular weight is 377 g/mol. The van der Waals surface area contributed by atoms with Crippen molar-refractivity contribution in [3.05, 3.63) is 11.8 Å². The first-order chi connectivity index (χ1) is 13.0. The molecular weight excluding hydrogens is 346 g/mol. The largest absolute Gasteiger partial charge is 0.389 e. The van der Waals surface area contributed by atoms with Crippen molar-refractivity contribution in [2.24, 2.45) is 0 Å². The van der Waals surface area contributed by atoms with Gasteiger partial charge in [0.15, 0.2) is 0 Å². The minimum Gasteiger partial charge on any atom is -0.389 e. The molecule has 8 nitrogen and oxygen atoms in total. The Morgan fingerprint density at radius 2 is 1.96 bits per heavy atom. The Bertz CT molecular complexity index is 638. The molecule has 4 rings (SSSR count). The van der Waals surface area contributed by atoms with Gasteiger partial charge in [-0.05, 0) is 20.3 Å². The lowest BCUT2D eigenvalue weighted by Gasteiger charge is -2.41. The summed E-state index contributed by atoms with van der Waals surface area (Å²) >= 11 is 0. The summed E-state index contributed by atoms with van der Waals surface area (Å²) in [6.45, 7) is 11.5. The molecular formula is C19H31N5O3. The third kappa shape index (κ3) is 4.34. The fourth-order valence-corrected chi connectivity index (χ4v) is 3.87. The number of nitrogens with zero attached hydrogens (tertiary/aromatic N) is 4. The first-order valence-corrected chi connectivity index (χ1v) is 9.98. The van der Waals surface area contributed by atoms with Crippen LogP contribution in [0.15, 0.2) is 6.07 Å². The lowest BCUT2D eigenvalue weighted by atomic mass is 10.0. The number of morpholine rings is 1. The predicted molar refractivity (Wildman–Crippen MR) is 103 cm³/mol. The molecule has 4 heterocycles. The van der Waals surface area contributed by atoms with E-state index in [2.05, 4.69) is 30.1 Å². The maximum Gasteiger partial charge on any atom is 0.227 e. The number of aliphatic hydroxyl groups excluding tert-OH is 1. The van der Waals surface area contributed by atoms with E-state index in [4.69, 9.17) is 19.4 Å². The third-order valence-corrected chi connectivity index (χ3v) is 5.80. The molecule has 0 spiro atoms. The van der Waals surface area contributed by atoms with E-state index in [0.717, 1.165) is 64.0 Å². The number of nitrogens with one attached hydrogen (secondary N) is 1. The second kappa shape index (κ2) is 7.87. The fourth-order valence-electron chi connectivity index (χ4n) is 3.87. The van der Waals surface area contributed by atoms with Crippen molar-refractivity contribution in [2.75, 3.05) is 69.4 Å². The number of hydrogen-bond donors (Lipinski definition) is 2. The lowest BCUT2D eigenvalue weighted by molar-refractivity contribution is -0.00570. The Morgan fingerprint density at radius 1 is 1.19 bits per heavy atom. The molecule has 2 N–H and O–H groups in total. The molecule has 3 aliphatic heterocycles. The zero-order chi connectivity index (χ0) is 18.9. The highest BCUT2D eigenvalue weighted by molar-refractivity contribution is 5.46. The van der Waals surface area contributed by atoms with Gasteiger partial charge in [0, 0.05) is 56.9 Å². The third-order valence-electron chi connectivity index (χ3n) is 5.80. The summed E-state index contributed by atoms with van der Waals surface area (Å²) in [6.07, 6.45) is 0.723. The molecule has 1 atom stereocenters. The van der Waals surface area contributed by atoms with Gasteiger partial charge in [0.05, 0.1) is 31.6 Å². The molecule has 0 unspecified atom stereocenters. The number of aromatic nitrogens is 2. The highest BCUT2D eigenvalue weighted by Gasteiger charge is 2.30. The maximum absolute atomic E-state index is 9.64. The van der Waals surface area contributed by atoms with Gasteiger partial charge in [0.1, 0.15) is 5.82 Å². The summed E-state index contributed by atoms with van der Waals surface area (Å²) in [7, 11) is 0. The Hall–Kier alpha value is -1.48. The van der Waals surface area contributed by atoms with Crippen LogP contribution in [0.3, 0.4) is 0 Å². The first-order valence-electron chi connectivity index (χ1n) is 9.98. The second-order valence-corrected chi connectivity index (χ2v) is 8.36. The minimum absolute atomic E-state index is 0.0124. The first kappa shape index (κ1) is 18.9. The van der Waals surface area contributed by atoms with E-state index in [1.807, 2.05) is 4.90 Å². The van der Waals surface area contributed by atoms with Crippen LogP contribution in [0.25, 0.3) is 0 Å². The summed E-state index contributed by atoms with van der Waals surface area (Å²) in [5.74, 6) is 1.88. The molecule has 0 aromatic carbocycles. The van der Waals surface area contributed by atoms with Gasteiger partial charge in [0.25, 0.3) is 0 Å². The number of β-amino-alcohol motifs (C(OH)–C–C–N with tert-alkyl or cyclic N) is 1. The Balaban J connectivity index is 1.48. The van der Waals surface area contributed by atoms with Crippen molar-refractivity contribution in [1.82, 2.24) is 14.9 Å². The molecule has 3 aliphatic rings. The van der Waals surface area contributed by atoms with Crippen molar-refractivity contribution in [2.45, 2.75) is 37.8 Å². The number of anilines is 2. The van der Waals surface area contributed by atoms with Crippen LogP contribution in [-0.2, 0) is 9.47 Å². The van der Waals surface area contributed by atoms with Gasteiger partial charge in [0.2, 0.25) is 5.95 Å². The Morgan fingerprint density at radius 3 is 2.63 bits per heavy atom. The number of rotatable bonds is 6. The van der Waals surface area contributed by atoms with Gasteiger partial charge < -0.3 is 24.8 Å². The quantitative estimate of drug-likeness (QED) is 0.749. The molecule has 150 valence electrons. The average Bonchev–Trinajstić information content (AvgIpc) is 3.19. The molecule has 0 aliphatic carbocycles. The lowest BCUT2D eigenvalue weighted by Crippen LogP contribution is -2.53. The minimum atomic E-state index is -0.274. The summed E-state index contributed by atoms with van der Waals surface area (Å²) in [6, 6.07) is 2.06. The molecule has 0 radical (unpaired) electrons. The second-order valence-electron chi connectivity index (χ2n) is 8.36. The van der Waals surface area contributed by atoms with Crippen molar-refractivity contribution in [3.63, 3.8) is 0 Å². The van der Waals surface area contributed by atoms with Crippen LogP contribution in [0, 0.1) is 0 Å². The van der Waals surface area contributed by atoms with Crippen LogP contribution in [0.1, 0.15) is 31.9 Å². The van der Waals surface area contributed by atoms with Crippen LogP contribution in [0.5, 0.6) is 0 Å². The van der Waals surface area contributed by atoms with E-state index >= 15 is 0 Å². The van der Waals surface area contributed by atoms with Crippen molar-refractivity contribution in [1.29, 1.82) is 0 Å². The molecule has 3 fully saturated rings. The van der Waals surface area contributed by atoms with Crippen LogP contribution in [-0.4, -0.2) is 90.8 Å². The monoisotopic (exact) mass is 377 g/mol. The van der Waals surface area contributed by atoms with Gasteiger partial charge in [-0.3, -0.25) is 4.90 Å². The molecule has 8 heteroatoms. The summed E-state index contributed by atoms with van der Waals surface area (Å²) in [5, 5.41) is 13.2. The van der Waals surface area contributed by atoms with Crippen LogP contribution < -0.4 is 10.2 Å². The van der Waals surface area contributed by atoms with Crippen molar-refractivity contribution >= 4 is 11.8 Å². The van der Waals surface area contributed by atoms with Gasteiger partial charge in [-0.15, -0.1) is 0 Å². The van der Waals surface area contributed by atoms with Gasteiger partial charge in [-0.2, -0.15) is 4.98 Å². The fraction of sp³-hybridized carbons (Fsp3) is 0.789. The van der Waals surface area contributed by atoms with Gasteiger partial charge >= 0.3 is 0 Å². The maximum atomic E-state index is 9.64. The number of aliphatic hydroxyl groups is 1. The molecule has 0 bridgehead atoms. The smallest absolute Gasteiger partial charge is 0.227 e. The number of ether oxygens (including phenoxy) is 2. The van der Waals surface area contributed by atoms with Crippen LogP contribution in [0.2, 0.25) is 0 Å². The zero-order valence-electron chi connectivity index (χ0n) is 16.4. The van der Waals surface area contributed by atoms with E-state index in [1.54, 1.807) is 0 Å². The van der Waals surface area contributed by atoms with Crippen LogP contribution in [0.4, 0.5) is 11.8 Å². The highest BCUT2D eigenvalue weighted by atomic mass is 16.5. The Kier molecular flexibility index (Phi) is 5.50. The molecule has 0 amide bonds.